The molecule has 2 amide bonds. The number of aromatic nitrogens is 1. The number of hydrogen-bond acceptors (Lipinski definition) is 6. The Labute approximate surface area is 183 Å². The van der Waals surface area contributed by atoms with Crippen molar-refractivity contribution in [3.8, 4) is 5.75 Å². The number of phenols is 1. The van der Waals surface area contributed by atoms with E-state index >= 15 is 0 Å². The smallest absolute Gasteiger partial charge is 0.323 e. The molecular weight excluding hydrogens is 451 g/mol. The number of phenolic OH excluding ortho intramolecular Hbond substituents is 1. The van der Waals surface area contributed by atoms with E-state index in [1.54, 1.807) is 12.1 Å². The monoisotopic (exact) mass is 470 g/mol. The van der Waals surface area contributed by atoms with Crippen LogP contribution in [-0.4, -0.2) is 41.9 Å². The molecule has 4 rings (SSSR count). The van der Waals surface area contributed by atoms with E-state index in [2.05, 4.69) is 20.9 Å². The fourth-order valence-corrected chi connectivity index (χ4v) is 6.76. The zero-order chi connectivity index (χ0) is 21.5. The Bertz CT molecular complexity index is 1080. The molecule has 0 aliphatic carbocycles. The van der Waals surface area contributed by atoms with E-state index in [0.717, 1.165) is 12.8 Å². The number of hydrogen-bond donors (Lipinski definition) is 4. The fourth-order valence-electron chi connectivity index (χ4n) is 4.10. The number of benzene rings is 1. The van der Waals surface area contributed by atoms with Crippen molar-refractivity contribution < 1.29 is 18.3 Å². The number of urea groups is 1. The largest absolute Gasteiger partial charge is 0.504 e. The number of nitrogens with zero attached hydrogens (tertiary/aromatic N) is 1. The highest BCUT2D eigenvalue weighted by atomic mass is 35.5. The molecule has 11 heteroatoms. The topological polar surface area (TPSA) is 120 Å². The van der Waals surface area contributed by atoms with Gasteiger partial charge >= 0.3 is 6.03 Å². The van der Waals surface area contributed by atoms with Crippen LogP contribution in [0.4, 0.5) is 16.2 Å². The van der Waals surface area contributed by atoms with Gasteiger partial charge in [0.1, 0.15) is 4.90 Å². The lowest BCUT2D eigenvalue weighted by Gasteiger charge is -2.29. The molecule has 8 nitrogen and oxygen atoms in total. The third-order valence-electron chi connectivity index (χ3n) is 5.49. The predicted molar refractivity (Wildman–Crippen MR) is 115 cm³/mol. The Morgan fingerprint density at radius 3 is 2.43 bits per heavy atom. The van der Waals surface area contributed by atoms with E-state index < -0.39 is 26.9 Å². The lowest BCUT2D eigenvalue weighted by molar-refractivity contribution is 0.262. The number of nitrogens with one attached hydrogen (secondary N) is 3. The second-order valence-corrected chi connectivity index (χ2v) is 10.4. The molecule has 1 aromatic heterocycles. The van der Waals surface area contributed by atoms with E-state index in [4.69, 9.17) is 23.2 Å². The van der Waals surface area contributed by atoms with Gasteiger partial charge in [-0.15, -0.1) is 0 Å². The van der Waals surface area contributed by atoms with Crippen LogP contribution in [0.5, 0.6) is 5.75 Å². The Morgan fingerprint density at radius 1 is 1.10 bits per heavy atom. The van der Waals surface area contributed by atoms with Crippen LogP contribution >= 0.6 is 23.2 Å². The quantitative estimate of drug-likeness (QED) is 0.398. The Kier molecular flexibility index (Phi) is 5.80. The summed E-state index contributed by atoms with van der Waals surface area (Å²) in [6.45, 7) is 0. The van der Waals surface area contributed by atoms with Crippen LogP contribution in [0.15, 0.2) is 35.4 Å². The van der Waals surface area contributed by atoms with E-state index in [1.165, 1.54) is 18.3 Å². The summed E-state index contributed by atoms with van der Waals surface area (Å²) in [5.41, 5.74) is 0.190. The summed E-state index contributed by atoms with van der Waals surface area (Å²) < 4.78 is 26.6. The summed E-state index contributed by atoms with van der Waals surface area (Å²) in [6, 6.07) is 5.42. The molecule has 30 heavy (non-hydrogen) atoms. The summed E-state index contributed by atoms with van der Waals surface area (Å²) in [5.74, 6) is -0.583. The number of halogens is 2. The average Bonchev–Trinajstić information content (AvgIpc) is 3.03. The Hall–Kier alpha value is -2.07. The molecule has 0 saturated carbocycles. The number of carbonyl (C=O) groups is 1. The number of rotatable bonds is 4. The Balaban J connectivity index is 1.59. The number of pyridine rings is 1. The van der Waals surface area contributed by atoms with Gasteiger partial charge in [0.2, 0.25) is 0 Å². The van der Waals surface area contributed by atoms with Crippen molar-refractivity contribution in [2.75, 3.05) is 10.6 Å². The van der Waals surface area contributed by atoms with Crippen LogP contribution in [0.1, 0.15) is 25.7 Å². The minimum absolute atomic E-state index is 0.0765. The molecule has 160 valence electrons. The van der Waals surface area contributed by atoms with Crippen LogP contribution in [0, 0.1) is 0 Å². The molecular formula is C19H20Cl2N4O4S. The number of anilines is 2. The lowest BCUT2D eigenvalue weighted by Crippen LogP contribution is -2.43. The average molecular weight is 471 g/mol. The van der Waals surface area contributed by atoms with Crippen molar-refractivity contribution in [3.63, 3.8) is 0 Å². The van der Waals surface area contributed by atoms with Crippen molar-refractivity contribution in [1.29, 1.82) is 0 Å². The molecule has 2 saturated heterocycles. The van der Waals surface area contributed by atoms with Gasteiger partial charge in [0, 0.05) is 18.3 Å². The first-order chi connectivity index (χ1) is 14.3. The van der Waals surface area contributed by atoms with Gasteiger partial charge in [-0.2, -0.15) is 0 Å². The molecule has 2 aliphatic heterocycles. The van der Waals surface area contributed by atoms with Gasteiger partial charge in [0.25, 0.3) is 0 Å². The molecule has 0 radical (unpaired) electrons. The number of sulfone groups is 1. The van der Waals surface area contributed by atoms with E-state index in [1.807, 2.05) is 0 Å². The fraction of sp³-hybridized carbons (Fsp3) is 0.368. The maximum Gasteiger partial charge on any atom is 0.323 e. The number of amides is 2. The number of aromatic hydroxyl groups is 1. The molecule has 2 aliphatic rings. The van der Waals surface area contributed by atoms with Crippen molar-refractivity contribution in [1.82, 2.24) is 10.3 Å². The molecule has 0 unspecified atom stereocenters. The highest BCUT2D eigenvalue weighted by molar-refractivity contribution is 7.92. The second-order valence-electron chi connectivity index (χ2n) is 7.47. The molecule has 1 aromatic carbocycles. The van der Waals surface area contributed by atoms with Gasteiger partial charge in [-0.1, -0.05) is 23.2 Å². The van der Waals surface area contributed by atoms with Gasteiger partial charge in [-0.3, -0.25) is 0 Å². The zero-order valence-electron chi connectivity index (χ0n) is 15.7. The highest BCUT2D eigenvalue weighted by Gasteiger charge is 2.42. The van der Waals surface area contributed by atoms with E-state index in [0.29, 0.717) is 12.8 Å². The van der Waals surface area contributed by atoms with Gasteiger partial charge in [0.05, 0.1) is 21.6 Å². The van der Waals surface area contributed by atoms with E-state index in [9.17, 15) is 18.3 Å². The molecule has 2 bridgehead atoms. The van der Waals surface area contributed by atoms with Crippen LogP contribution < -0.4 is 16.0 Å². The normalized spacial score (nSPS) is 23.2. The zero-order valence-corrected chi connectivity index (χ0v) is 18.1. The minimum Gasteiger partial charge on any atom is -0.504 e. The van der Waals surface area contributed by atoms with Crippen LogP contribution in [0.3, 0.4) is 0 Å². The highest BCUT2D eigenvalue weighted by Crippen LogP contribution is 2.42. The first-order valence-corrected chi connectivity index (χ1v) is 11.8. The summed E-state index contributed by atoms with van der Waals surface area (Å²) in [6.07, 6.45) is 4.28. The van der Waals surface area contributed by atoms with Crippen molar-refractivity contribution >= 4 is 50.4 Å². The van der Waals surface area contributed by atoms with Crippen LogP contribution in [0.2, 0.25) is 10.2 Å². The van der Waals surface area contributed by atoms with Crippen LogP contribution in [0.25, 0.3) is 0 Å². The third-order valence-corrected chi connectivity index (χ3v) is 8.47. The molecule has 3 atom stereocenters. The number of fused-ring (bicyclic) bond motifs is 2. The molecule has 2 aromatic rings. The maximum atomic E-state index is 13.3. The third kappa shape index (κ3) is 4.07. The first-order valence-electron chi connectivity index (χ1n) is 9.45. The van der Waals surface area contributed by atoms with Gasteiger partial charge in [0.15, 0.2) is 20.7 Å². The maximum absolute atomic E-state index is 13.3. The molecule has 2 fully saturated rings. The predicted octanol–water partition coefficient (Wildman–Crippen LogP) is 3.79. The van der Waals surface area contributed by atoms with Crippen molar-refractivity contribution in [3.05, 3.63) is 40.6 Å². The summed E-state index contributed by atoms with van der Waals surface area (Å²) in [5, 5.41) is 18.4. The van der Waals surface area contributed by atoms with Crippen molar-refractivity contribution in [2.45, 2.75) is 47.9 Å². The molecule has 4 N–H and O–H groups in total. The molecule has 3 heterocycles. The number of carbonyl (C=O) groups excluding carboxylic acids is 1. The van der Waals surface area contributed by atoms with E-state index in [-0.39, 0.29) is 38.5 Å². The standard InChI is InChI=1S/C19H20Cl2N4O4S/c20-13-5-6-14(24-19(27)25-15-2-1-7-22-18(15)21)16(26)17(13)30(28,29)12-8-10-3-4-11(9-12)23-10/h1-2,5-7,10-12,23,26H,3-4,8-9H2,(H2,24,25,27)/t10-,11+,12-. The second kappa shape index (κ2) is 8.22. The van der Waals surface area contributed by atoms with Gasteiger partial charge in [-0.25, -0.2) is 18.2 Å². The lowest BCUT2D eigenvalue weighted by atomic mass is 10.1. The number of piperidine rings is 1. The van der Waals surface area contributed by atoms with Crippen molar-refractivity contribution in [2.24, 2.45) is 0 Å². The summed E-state index contributed by atoms with van der Waals surface area (Å²) in [7, 11) is -3.90. The summed E-state index contributed by atoms with van der Waals surface area (Å²) >= 11 is 12.1. The molecule has 0 spiro atoms. The van der Waals surface area contributed by atoms with Gasteiger partial charge in [-0.05, 0) is 49.9 Å². The first kappa shape index (κ1) is 21.2. The minimum atomic E-state index is -3.90. The SMILES string of the molecule is O=C(Nc1cccnc1Cl)Nc1ccc(Cl)c(S(=O)(=O)[C@@H]2C[C@H]3CC[C@@H](C2)N3)c1O. The van der Waals surface area contributed by atoms with Gasteiger partial charge < -0.3 is 21.1 Å². The Morgan fingerprint density at radius 2 is 1.77 bits per heavy atom. The van der Waals surface area contributed by atoms with Crippen LogP contribution in [-0.2, 0) is 9.84 Å². The summed E-state index contributed by atoms with van der Waals surface area (Å²) in [4.78, 5) is 15.8.